The summed E-state index contributed by atoms with van der Waals surface area (Å²) in [4.78, 5) is 0. The van der Waals surface area contributed by atoms with Gasteiger partial charge in [-0.1, -0.05) is 49.8 Å². The fourth-order valence-corrected chi connectivity index (χ4v) is 0.804. The molecule has 0 heterocycles. The molecule has 0 amide bonds. The minimum absolute atomic E-state index is 1.17. The third-order valence-electron chi connectivity index (χ3n) is 1.36. The van der Waals surface area contributed by atoms with E-state index in [4.69, 9.17) is 0 Å². The molecular weight excluding hydrogens is 120 g/mol. The van der Waals surface area contributed by atoms with Crippen LogP contribution in [0.15, 0.2) is 36.5 Å². The molecule has 0 aliphatic heterocycles. The Kier molecular flexibility index (Phi) is 5.85. The highest BCUT2D eigenvalue weighted by Crippen LogP contribution is 2.05. The van der Waals surface area contributed by atoms with Crippen LogP contribution in [0, 0.1) is 0 Å². The van der Waals surface area contributed by atoms with Crippen molar-refractivity contribution in [1.82, 2.24) is 0 Å². The Labute approximate surface area is 64.0 Å². The molecule has 0 radical (unpaired) electrons. The van der Waals surface area contributed by atoms with Crippen molar-refractivity contribution in [3.05, 3.63) is 36.5 Å². The lowest BCUT2D eigenvalue weighted by molar-refractivity contribution is 0.924. The highest BCUT2D eigenvalue weighted by molar-refractivity contribution is 5.20. The summed E-state index contributed by atoms with van der Waals surface area (Å²) >= 11 is 0. The Morgan fingerprint density at radius 1 is 1.50 bits per heavy atom. The van der Waals surface area contributed by atoms with Crippen molar-refractivity contribution in [1.29, 1.82) is 0 Å². The van der Waals surface area contributed by atoms with Crippen LogP contribution < -0.4 is 0 Å². The van der Waals surface area contributed by atoms with Crippen molar-refractivity contribution in [3.63, 3.8) is 0 Å². The molecular formula is C10H16. The average Bonchev–Trinajstić information content (AvgIpc) is 1.98. The zero-order valence-corrected chi connectivity index (χ0v) is 6.93. The molecule has 0 aromatic carbocycles. The summed E-state index contributed by atoms with van der Waals surface area (Å²) in [5.41, 5.74) is 1.39. The molecule has 0 saturated carbocycles. The Hall–Kier alpha value is -0.780. The van der Waals surface area contributed by atoms with Crippen molar-refractivity contribution < 1.29 is 0 Å². The highest BCUT2D eigenvalue weighted by Gasteiger charge is 1.85. The van der Waals surface area contributed by atoms with Gasteiger partial charge in [0, 0.05) is 0 Å². The first-order chi connectivity index (χ1) is 4.85. The van der Waals surface area contributed by atoms with Crippen molar-refractivity contribution in [2.24, 2.45) is 0 Å². The minimum atomic E-state index is 1.17. The van der Waals surface area contributed by atoms with E-state index in [1.807, 2.05) is 6.08 Å². The molecule has 0 saturated heterocycles. The van der Waals surface area contributed by atoms with Gasteiger partial charge in [0.25, 0.3) is 0 Å². The Balaban J connectivity index is 3.84. The molecule has 0 spiro atoms. The van der Waals surface area contributed by atoms with E-state index in [1.54, 1.807) is 6.08 Å². The lowest BCUT2D eigenvalue weighted by atomic mass is 10.1. The highest BCUT2D eigenvalue weighted by atomic mass is 13.9. The molecule has 0 aliphatic rings. The molecule has 0 fully saturated rings. The van der Waals surface area contributed by atoms with E-state index in [0.29, 0.717) is 0 Å². The normalized spacial score (nSPS) is 12.4. The van der Waals surface area contributed by atoms with Gasteiger partial charge in [-0.05, 0) is 13.3 Å². The smallest absolute Gasteiger partial charge is 0.0285 e. The maximum Gasteiger partial charge on any atom is -0.0285 e. The predicted octanol–water partition coefficient (Wildman–Crippen LogP) is 3.48. The van der Waals surface area contributed by atoms with Gasteiger partial charge < -0.3 is 0 Å². The van der Waals surface area contributed by atoms with Crippen LogP contribution in [0.2, 0.25) is 0 Å². The van der Waals surface area contributed by atoms with Gasteiger partial charge in [-0.25, -0.2) is 0 Å². The van der Waals surface area contributed by atoms with E-state index >= 15 is 0 Å². The van der Waals surface area contributed by atoms with Crippen LogP contribution in [-0.4, -0.2) is 0 Å². The molecule has 0 aromatic heterocycles. The quantitative estimate of drug-likeness (QED) is 0.519. The number of rotatable bonds is 4. The maximum absolute atomic E-state index is 3.61. The SMILES string of the molecule is C=CC=CC(=CC)CCC. The molecule has 0 nitrogen and oxygen atoms in total. The van der Waals surface area contributed by atoms with Gasteiger partial charge in [0.1, 0.15) is 0 Å². The fraction of sp³-hybridized carbons (Fsp3) is 0.400. The average molecular weight is 136 g/mol. The van der Waals surface area contributed by atoms with Gasteiger partial charge in [-0.15, -0.1) is 0 Å². The monoisotopic (exact) mass is 136 g/mol. The van der Waals surface area contributed by atoms with Gasteiger partial charge in [0.15, 0.2) is 0 Å². The summed E-state index contributed by atoms with van der Waals surface area (Å²) in [5, 5.41) is 0. The first-order valence-corrected chi connectivity index (χ1v) is 3.79. The van der Waals surface area contributed by atoms with Crippen molar-refractivity contribution in [3.8, 4) is 0 Å². The third kappa shape index (κ3) is 4.13. The molecule has 0 aliphatic carbocycles. The van der Waals surface area contributed by atoms with E-state index in [2.05, 4.69) is 32.6 Å². The van der Waals surface area contributed by atoms with Crippen LogP contribution in [0.25, 0.3) is 0 Å². The van der Waals surface area contributed by atoms with Crippen LogP contribution in [0.4, 0.5) is 0 Å². The first kappa shape index (κ1) is 9.22. The molecule has 0 rings (SSSR count). The summed E-state index contributed by atoms with van der Waals surface area (Å²) in [6.07, 6.45) is 10.4. The zero-order valence-electron chi connectivity index (χ0n) is 6.93. The van der Waals surface area contributed by atoms with E-state index in [9.17, 15) is 0 Å². The van der Waals surface area contributed by atoms with Gasteiger partial charge in [0.2, 0.25) is 0 Å². The lowest BCUT2D eigenvalue weighted by Crippen LogP contribution is -1.74. The summed E-state index contributed by atoms with van der Waals surface area (Å²) in [7, 11) is 0. The predicted molar refractivity (Wildman–Crippen MR) is 48.0 cm³/mol. The standard InChI is InChI=1S/C10H16/c1-4-7-9-10(6-3)8-5-2/h4,6-7,9H,1,5,8H2,2-3H3. The van der Waals surface area contributed by atoms with Crippen LogP contribution in [0.3, 0.4) is 0 Å². The first-order valence-electron chi connectivity index (χ1n) is 3.79. The lowest BCUT2D eigenvalue weighted by Gasteiger charge is -1.94. The maximum atomic E-state index is 3.61. The van der Waals surface area contributed by atoms with Crippen LogP contribution in [0.1, 0.15) is 26.7 Å². The minimum Gasteiger partial charge on any atom is -0.0991 e. The molecule has 56 valence electrons. The third-order valence-corrected chi connectivity index (χ3v) is 1.36. The van der Waals surface area contributed by atoms with Gasteiger partial charge in [-0.2, -0.15) is 0 Å². The second-order valence-electron chi connectivity index (χ2n) is 2.21. The Morgan fingerprint density at radius 2 is 2.20 bits per heavy atom. The van der Waals surface area contributed by atoms with Crippen LogP contribution >= 0.6 is 0 Å². The second-order valence-corrected chi connectivity index (χ2v) is 2.21. The summed E-state index contributed by atoms with van der Waals surface area (Å²) < 4.78 is 0. The largest absolute Gasteiger partial charge is 0.0991 e. The van der Waals surface area contributed by atoms with E-state index in [-0.39, 0.29) is 0 Å². The molecule has 0 heteroatoms. The molecule has 10 heavy (non-hydrogen) atoms. The van der Waals surface area contributed by atoms with Crippen molar-refractivity contribution in [2.75, 3.05) is 0 Å². The van der Waals surface area contributed by atoms with Crippen molar-refractivity contribution >= 4 is 0 Å². The molecule has 0 N–H and O–H groups in total. The molecule has 0 bridgehead atoms. The Morgan fingerprint density at radius 3 is 2.60 bits per heavy atom. The van der Waals surface area contributed by atoms with Crippen LogP contribution in [-0.2, 0) is 0 Å². The van der Waals surface area contributed by atoms with Gasteiger partial charge in [0.05, 0.1) is 0 Å². The fourth-order valence-electron chi connectivity index (χ4n) is 0.804. The number of allylic oxidation sites excluding steroid dienone is 5. The number of hydrogen-bond acceptors (Lipinski definition) is 0. The Bertz CT molecular complexity index is 138. The molecule has 0 aromatic rings. The van der Waals surface area contributed by atoms with E-state index < -0.39 is 0 Å². The molecule has 0 atom stereocenters. The van der Waals surface area contributed by atoms with Crippen LogP contribution in [0.5, 0.6) is 0 Å². The number of hydrogen-bond donors (Lipinski definition) is 0. The topological polar surface area (TPSA) is 0 Å². The van der Waals surface area contributed by atoms with Gasteiger partial charge in [-0.3, -0.25) is 0 Å². The van der Waals surface area contributed by atoms with Crippen molar-refractivity contribution in [2.45, 2.75) is 26.7 Å². The van der Waals surface area contributed by atoms with E-state index in [1.165, 1.54) is 18.4 Å². The zero-order chi connectivity index (χ0) is 7.82. The summed E-state index contributed by atoms with van der Waals surface area (Å²) in [6.45, 7) is 7.87. The second kappa shape index (κ2) is 6.34. The summed E-state index contributed by atoms with van der Waals surface area (Å²) in [6, 6.07) is 0. The van der Waals surface area contributed by atoms with E-state index in [0.717, 1.165) is 0 Å². The summed E-state index contributed by atoms with van der Waals surface area (Å²) in [5.74, 6) is 0. The molecule has 0 unspecified atom stereocenters. The van der Waals surface area contributed by atoms with Gasteiger partial charge >= 0.3 is 0 Å².